The number of halogens is 2. The van der Waals surface area contributed by atoms with Gasteiger partial charge in [0, 0.05) is 29.1 Å². The molecule has 2 fully saturated rings. The summed E-state index contributed by atoms with van der Waals surface area (Å²) in [6, 6.07) is 7.86. The molecule has 1 saturated carbocycles. The van der Waals surface area contributed by atoms with Crippen molar-refractivity contribution in [1.82, 2.24) is 9.97 Å². The van der Waals surface area contributed by atoms with E-state index in [4.69, 9.17) is 21.1 Å². The zero-order valence-corrected chi connectivity index (χ0v) is 18.5. The third kappa shape index (κ3) is 4.77. The molecule has 2 N–H and O–H groups in total. The number of benzene rings is 2. The maximum absolute atomic E-state index is 13.5. The number of carbonyl (C=O) groups excluding carboxylic acids is 1. The van der Waals surface area contributed by atoms with E-state index in [9.17, 15) is 9.18 Å². The summed E-state index contributed by atoms with van der Waals surface area (Å²) in [6.07, 6.45) is 4.04. The molecule has 0 bridgehead atoms. The van der Waals surface area contributed by atoms with Crippen molar-refractivity contribution in [3.8, 4) is 5.75 Å². The van der Waals surface area contributed by atoms with Crippen LogP contribution >= 0.6 is 11.6 Å². The zero-order chi connectivity index (χ0) is 22.9. The molecule has 5 rings (SSSR count). The first-order chi connectivity index (χ1) is 16.0. The number of aromatic nitrogens is 2. The predicted molar refractivity (Wildman–Crippen MR) is 125 cm³/mol. The fourth-order valence-electron chi connectivity index (χ4n) is 3.69. The Labute approximate surface area is 195 Å². The maximum atomic E-state index is 13.5. The molecular weight excluding hydrogens is 447 g/mol. The number of nitrogens with zero attached hydrogens (tertiary/aromatic N) is 2. The highest BCUT2D eigenvalue weighted by Crippen LogP contribution is 2.38. The normalized spacial score (nSPS) is 17.7. The van der Waals surface area contributed by atoms with Gasteiger partial charge in [0.1, 0.15) is 29.8 Å². The summed E-state index contributed by atoms with van der Waals surface area (Å²) in [6.45, 7) is 5.07. The summed E-state index contributed by atoms with van der Waals surface area (Å²) >= 11 is 5.91. The Kier molecular flexibility index (Phi) is 5.86. The summed E-state index contributed by atoms with van der Waals surface area (Å²) in [5, 5.41) is 6.75. The number of amides is 1. The molecule has 33 heavy (non-hydrogen) atoms. The van der Waals surface area contributed by atoms with Crippen molar-refractivity contribution in [3.05, 3.63) is 59.7 Å². The van der Waals surface area contributed by atoms with Crippen molar-refractivity contribution in [2.75, 3.05) is 23.8 Å². The Morgan fingerprint density at radius 3 is 2.79 bits per heavy atom. The van der Waals surface area contributed by atoms with Crippen LogP contribution in [-0.2, 0) is 9.53 Å². The van der Waals surface area contributed by atoms with Gasteiger partial charge in [-0.3, -0.25) is 4.79 Å². The van der Waals surface area contributed by atoms with Crippen LogP contribution in [0.3, 0.4) is 0 Å². The van der Waals surface area contributed by atoms with Crippen LogP contribution in [0.15, 0.2) is 48.8 Å². The van der Waals surface area contributed by atoms with Crippen molar-refractivity contribution in [3.63, 3.8) is 0 Å². The first-order valence-corrected chi connectivity index (χ1v) is 11.1. The monoisotopic (exact) mass is 468 g/mol. The quantitative estimate of drug-likeness (QED) is 0.461. The van der Waals surface area contributed by atoms with E-state index in [2.05, 4.69) is 27.2 Å². The van der Waals surface area contributed by atoms with Gasteiger partial charge >= 0.3 is 0 Å². The van der Waals surface area contributed by atoms with Gasteiger partial charge in [-0.2, -0.15) is 0 Å². The van der Waals surface area contributed by atoms with Gasteiger partial charge in [0.15, 0.2) is 0 Å². The maximum Gasteiger partial charge on any atom is 0.251 e. The minimum absolute atomic E-state index is 0.000582. The molecule has 7 nitrogen and oxygen atoms in total. The molecule has 1 amide bonds. The topological polar surface area (TPSA) is 85.4 Å². The van der Waals surface area contributed by atoms with Crippen LogP contribution in [0.4, 0.5) is 21.6 Å². The van der Waals surface area contributed by atoms with Crippen molar-refractivity contribution in [2.45, 2.75) is 25.4 Å². The van der Waals surface area contributed by atoms with E-state index in [0.29, 0.717) is 52.6 Å². The number of rotatable bonds is 7. The highest BCUT2D eigenvalue weighted by molar-refractivity contribution is 6.31. The minimum atomic E-state index is -0.506. The number of fused-ring (bicyclic) bond motifs is 1. The molecule has 3 aromatic rings. The molecule has 2 heterocycles. The lowest BCUT2D eigenvalue weighted by molar-refractivity contribution is -0.113. The number of ether oxygens (including phenoxy) is 2. The van der Waals surface area contributed by atoms with Gasteiger partial charge in [-0.25, -0.2) is 14.4 Å². The van der Waals surface area contributed by atoms with Gasteiger partial charge in [0.2, 0.25) is 0 Å². The second-order valence-corrected chi connectivity index (χ2v) is 8.61. The number of anilines is 3. The third-order valence-corrected chi connectivity index (χ3v) is 6.00. The van der Waals surface area contributed by atoms with E-state index in [1.807, 2.05) is 0 Å². The molecule has 1 saturated heterocycles. The minimum Gasteiger partial charge on any atom is -0.486 e. The lowest BCUT2D eigenvalue weighted by atomic mass is 10.1. The second kappa shape index (κ2) is 8.96. The molecule has 0 unspecified atom stereocenters. The van der Waals surface area contributed by atoms with E-state index in [0.717, 1.165) is 19.3 Å². The van der Waals surface area contributed by atoms with Crippen LogP contribution in [0.2, 0.25) is 5.02 Å². The summed E-state index contributed by atoms with van der Waals surface area (Å²) in [5.74, 6) is 0.482. The molecule has 1 aromatic heterocycles. The predicted octanol–water partition coefficient (Wildman–Crippen LogP) is 5.24. The van der Waals surface area contributed by atoms with E-state index >= 15 is 0 Å². The van der Waals surface area contributed by atoms with E-state index in [1.54, 1.807) is 18.2 Å². The Hall–Kier alpha value is -3.23. The van der Waals surface area contributed by atoms with Crippen LogP contribution in [0.5, 0.6) is 5.75 Å². The zero-order valence-electron chi connectivity index (χ0n) is 17.7. The van der Waals surface area contributed by atoms with Crippen LogP contribution in [0.25, 0.3) is 10.9 Å². The largest absolute Gasteiger partial charge is 0.486 e. The van der Waals surface area contributed by atoms with Gasteiger partial charge in [0.05, 0.1) is 29.4 Å². The number of carbonyl (C=O) groups is 1. The second-order valence-electron chi connectivity index (χ2n) is 8.20. The smallest absolute Gasteiger partial charge is 0.251 e. The molecule has 1 aliphatic carbocycles. The van der Waals surface area contributed by atoms with Gasteiger partial charge in [0.25, 0.3) is 5.91 Å². The first kappa shape index (κ1) is 21.6. The van der Waals surface area contributed by atoms with Crippen molar-refractivity contribution in [1.29, 1.82) is 0 Å². The number of hydrogen-bond acceptors (Lipinski definition) is 6. The summed E-state index contributed by atoms with van der Waals surface area (Å²) < 4.78 is 25.1. The van der Waals surface area contributed by atoms with Crippen LogP contribution in [0.1, 0.15) is 19.3 Å². The highest BCUT2D eigenvalue weighted by atomic mass is 35.5. The van der Waals surface area contributed by atoms with Crippen LogP contribution < -0.4 is 15.4 Å². The fraction of sp³-hybridized carbons (Fsp3) is 0.292. The first-order valence-electron chi connectivity index (χ1n) is 10.7. The Morgan fingerprint density at radius 1 is 1.21 bits per heavy atom. The number of hydrogen-bond donors (Lipinski definition) is 2. The molecule has 170 valence electrons. The van der Waals surface area contributed by atoms with E-state index in [1.165, 1.54) is 18.5 Å². The molecule has 1 atom stereocenters. The third-order valence-electron chi connectivity index (χ3n) is 5.71. The fourth-order valence-corrected chi connectivity index (χ4v) is 3.88. The lowest BCUT2D eigenvalue weighted by Crippen LogP contribution is -2.19. The Morgan fingerprint density at radius 2 is 2.06 bits per heavy atom. The van der Waals surface area contributed by atoms with Crippen molar-refractivity contribution < 1.29 is 18.7 Å². The van der Waals surface area contributed by atoms with Crippen molar-refractivity contribution >= 4 is 45.6 Å². The summed E-state index contributed by atoms with van der Waals surface area (Å²) in [4.78, 5) is 21.5. The SMILES string of the molecule is C=C(C(=O)Nc1cc2c(Nc3ccc(F)c(Cl)c3)ncnc2cc1O[C@H]1CCOC1)C1CC1. The Bertz CT molecular complexity index is 1240. The van der Waals surface area contributed by atoms with Crippen molar-refractivity contribution in [2.24, 2.45) is 5.92 Å². The average Bonchev–Trinajstić information content (AvgIpc) is 3.53. The van der Waals surface area contributed by atoms with E-state index in [-0.39, 0.29) is 23.0 Å². The molecule has 0 spiro atoms. The summed E-state index contributed by atoms with van der Waals surface area (Å²) in [7, 11) is 0. The summed E-state index contributed by atoms with van der Waals surface area (Å²) in [5.41, 5.74) is 2.25. The van der Waals surface area contributed by atoms with Gasteiger partial charge in [-0.05, 0) is 43.0 Å². The molecule has 0 radical (unpaired) electrons. The number of nitrogens with one attached hydrogen (secondary N) is 2. The highest BCUT2D eigenvalue weighted by Gasteiger charge is 2.29. The molecular formula is C24H22ClFN4O3. The standard InChI is InChI=1S/C24H22ClFN4O3/c1-13(14-2-3-14)24(31)30-21-9-17-20(10-22(21)33-16-6-7-32-11-16)27-12-28-23(17)29-15-4-5-19(26)18(25)8-15/h4-5,8-10,12,14,16H,1-3,6-7,11H2,(H,30,31)(H,27,28,29)/t16-/m0/s1. The lowest BCUT2D eigenvalue weighted by Gasteiger charge is -2.18. The molecule has 9 heteroatoms. The molecule has 2 aromatic carbocycles. The van der Waals surface area contributed by atoms with Crippen LogP contribution in [0, 0.1) is 11.7 Å². The average molecular weight is 469 g/mol. The molecule has 1 aliphatic heterocycles. The van der Waals surface area contributed by atoms with Gasteiger partial charge in [-0.1, -0.05) is 18.2 Å². The van der Waals surface area contributed by atoms with Crippen LogP contribution in [-0.4, -0.2) is 35.2 Å². The molecule has 2 aliphatic rings. The van der Waals surface area contributed by atoms with E-state index < -0.39 is 5.82 Å². The van der Waals surface area contributed by atoms with Gasteiger partial charge in [-0.15, -0.1) is 0 Å². The van der Waals surface area contributed by atoms with Gasteiger partial charge < -0.3 is 20.1 Å². The Balaban J connectivity index is 1.51.